The molecule has 0 radical (unpaired) electrons. The maximum Gasteiger partial charge on any atom is 0.270 e. The van der Waals surface area contributed by atoms with Gasteiger partial charge in [0.05, 0.1) is 11.0 Å². The van der Waals surface area contributed by atoms with E-state index < -0.39 is 0 Å². The number of nitrogens with one attached hydrogen (secondary N) is 1. The van der Waals surface area contributed by atoms with Crippen LogP contribution in [0.25, 0.3) is 11.0 Å². The van der Waals surface area contributed by atoms with Crippen molar-refractivity contribution in [3.8, 4) is 0 Å². The molecule has 3 rings (SSSR count). The number of aromatic nitrogens is 2. The SMILES string of the molecule is CCCc1cccc(CNC(=O)c2ccc3ncccc3n2)c1. The maximum absolute atomic E-state index is 12.3. The smallest absolute Gasteiger partial charge is 0.270 e. The van der Waals surface area contributed by atoms with Crippen molar-refractivity contribution in [1.29, 1.82) is 0 Å². The van der Waals surface area contributed by atoms with Crippen molar-refractivity contribution < 1.29 is 4.79 Å². The van der Waals surface area contributed by atoms with Gasteiger partial charge in [-0.1, -0.05) is 37.6 Å². The second-order valence-corrected chi connectivity index (χ2v) is 5.49. The Morgan fingerprint density at radius 2 is 1.91 bits per heavy atom. The summed E-state index contributed by atoms with van der Waals surface area (Å²) in [6.07, 6.45) is 3.89. The molecule has 3 aromatic rings. The van der Waals surface area contributed by atoms with Crippen molar-refractivity contribution in [3.05, 3.63) is 71.5 Å². The summed E-state index contributed by atoms with van der Waals surface area (Å²) in [4.78, 5) is 20.8. The fourth-order valence-corrected chi connectivity index (χ4v) is 2.54. The molecule has 1 N–H and O–H groups in total. The van der Waals surface area contributed by atoms with E-state index in [9.17, 15) is 4.79 Å². The third kappa shape index (κ3) is 3.72. The fraction of sp³-hybridized carbons (Fsp3) is 0.211. The van der Waals surface area contributed by atoms with Crippen LogP contribution in [-0.4, -0.2) is 15.9 Å². The molecule has 0 unspecified atom stereocenters. The van der Waals surface area contributed by atoms with E-state index in [-0.39, 0.29) is 5.91 Å². The highest BCUT2D eigenvalue weighted by molar-refractivity contribution is 5.94. The normalized spacial score (nSPS) is 10.7. The van der Waals surface area contributed by atoms with E-state index in [0.29, 0.717) is 12.2 Å². The molecule has 1 aromatic carbocycles. The summed E-state index contributed by atoms with van der Waals surface area (Å²) in [7, 11) is 0. The highest BCUT2D eigenvalue weighted by Gasteiger charge is 2.08. The first-order chi connectivity index (χ1) is 11.3. The Morgan fingerprint density at radius 1 is 1.04 bits per heavy atom. The summed E-state index contributed by atoms with van der Waals surface area (Å²) in [6.45, 7) is 2.66. The van der Waals surface area contributed by atoms with Gasteiger partial charge in [-0.2, -0.15) is 0 Å². The number of amides is 1. The Kier molecular flexibility index (Phi) is 4.62. The van der Waals surface area contributed by atoms with Gasteiger partial charge >= 0.3 is 0 Å². The molecular weight excluding hydrogens is 286 g/mol. The van der Waals surface area contributed by atoms with Gasteiger partial charge in [0.2, 0.25) is 0 Å². The summed E-state index contributed by atoms with van der Waals surface area (Å²) in [5.41, 5.74) is 4.33. The van der Waals surface area contributed by atoms with Crippen LogP contribution in [0, 0.1) is 0 Å². The zero-order chi connectivity index (χ0) is 16.1. The number of hydrogen-bond acceptors (Lipinski definition) is 3. The standard InChI is InChI=1S/C19H19N3O/c1-2-5-14-6-3-7-15(12-14)13-21-19(23)18-10-9-16-17(22-18)8-4-11-20-16/h3-4,6-12H,2,5,13H2,1H3,(H,21,23). The predicted molar refractivity (Wildman–Crippen MR) is 91.1 cm³/mol. The molecule has 0 aliphatic rings. The van der Waals surface area contributed by atoms with Crippen LogP contribution in [0.1, 0.15) is 35.0 Å². The number of aryl methyl sites for hydroxylation is 1. The highest BCUT2D eigenvalue weighted by Crippen LogP contribution is 2.10. The molecule has 2 heterocycles. The van der Waals surface area contributed by atoms with E-state index in [4.69, 9.17) is 0 Å². The predicted octanol–water partition coefficient (Wildman–Crippen LogP) is 3.51. The maximum atomic E-state index is 12.3. The average molecular weight is 305 g/mol. The first-order valence-corrected chi connectivity index (χ1v) is 7.84. The summed E-state index contributed by atoms with van der Waals surface area (Å²) < 4.78 is 0. The minimum atomic E-state index is -0.170. The highest BCUT2D eigenvalue weighted by atomic mass is 16.1. The van der Waals surface area contributed by atoms with Gasteiger partial charge in [-0.3, -0.25) is 9.78 Å². The van der Waals surface area contributed by atoms with Gasteiger partial charge in [0, 0.05) is 12.7 Å². The van der Waals surface area contributed by atoms with Crippen LogP contribution in [0.5, 0.6) is 0 Å². The van der Waals surface area contributed by atoms with E-state index in [0.717, 1.165) is 29.4 Å². The summed E-state index contributed by atoms with van der Waals surface area (Å²) in [5, 5.41) is 2.93. The Bertz CT molecular complexity index is 829. The number of fused-ring (bicyclic) bond motifs is 1. The third-order valence-corrected chi connectivity index (χ3v) is 3.67. The molecule has 4 heteroatoms. The largest absolute Gasteiger partial charge is 0.347 e. The number of carbonyl (C=O) groups excluding carboxylic acids is 1. The van der Waals surface area contributed by atoms with Crippen molar-refractivity contribution in [2.75, 3.05) is 0 Å². The average Bonchev–Trinajstić information content (AvgIpc) is 2.60. The van der Waals surface area contributed by atoms with Crippen molar-refractivity contribution >= 4 is 16.9 Å². The summed E-state index contributed by atoms with van der Waals surface area (Å²) >= 11 is 0. The Balaban J connectivity index is 1.69. The van der Waals surface area contributed by atoms with Gasteiger partial charge in [0.25, 0.3) is 5.91 Å². The van der Waals surface area contributed by atoms with E-state index in [1.54, 1.807) is 12.3 Å². The molecule has 0 aliphatic carbocycles. The molecule has 0 bridgehead atoms. The van der Waals surface area contributed by atoms with E-state index in [2.05, 4.69) is 34.3 Å². The lowest BCUT2D eigenvalue weighted by atomic mass is 10.1. The Hall–Kier alpha value is -2.75. The molecule has 4 nitrogen and oxygen atoms in total. The first-order valence-electron chi connectivity index (χ1n) is 7.84. The molecule has 0 spiro atoms. The van der Waals surface area contributed by atoms with Crippen LogP contribution in [0.4, 0.5) is 0 Å². The number of nitrogens with zero attached hydrogens (tertiary/aromatic N) is 2. The first kappa shape index (κ1) is 15.2. The van der Waals surface area contributed by atoms with E-state index in [1.807, 2.05) is 30.3 Å². The van der Waals surface area contributed by atoms with Crippen LogP contribution in [0.15, 0.2) is 54.7 Å². The molecule has 0 saturated heterocycles. The van der Waals surface area contributed by atoms with Gasteiger partial charge in [-0.25, -0.2) is 4.98 Å². The molecule has 23 heavy (non-hydrogen) atoms. The van der Waals surface area contributed by atoms with Gasteiger partial charge in [0.15, 0.2) is 0 Å². The second-order valence-electron chi connectivity index (χ2n) is 5.49. The molecule has 0 saturated carbocycles. The fourth-order valence-electron chi connectivity index (χ4n) is 2.54. The minimum absolute atomic E-state index is 0.170. The molecule has 0 atom stereocenters. The summed E-state index contributed by atoms with van der Waals surface area (Å²) in [6, 6.07) is 15.5. The molecule has 0 aliphatic heterocycles. The van der Waals surface area contributed by atoms with Crippen LogP contribution in [0.2, 0.25) is 0 Å². The topological polar surface area (TPSA) is 54.9 Å². The second kappa shape index (κ2) is 7.01. The van der Waals surface area contributed by atoms with E-state index in [1.165, 1.54) is 5.56 Å². The number of rotatable bonds is 5. The number of pyridine rings is 2. The zero-order valence-corrected chi connectivity index (χ0v) is 13.1. The molecule has 0 fully saturated rings. The lowest BCUT2D eigenvalue weighted by Gasteiger charge is -2.07. The van der Waals surface area contributed by atoms with E-state index >= 15 is 0 Å². The van der Waals surface area contributed by atoms with Crippen LogP contribution in [-0.2, 0) is 13.0 Å². The van der Waals surface area contributed by atoms with Crippen molar-refractivity contribution in [2.45, 2.75) is 26.3 Å². The van der Waals surface area contributed by atoms with Gasteiger partial charge in [-0.05, 0) is 41.8 Å². The number of carbonyl (C=O) groups is 1. The number of hydrogen-bond donors (Lipinski definition) is 1. The lowest BCUT2D eigenvalue weighted by molar-refractivity contribution is 0.0946. The Morgan fingerprint density at radius 3 is 2.78 bits per heavy atom. The van der Waals surface area contributed by atoms with Crippen LogP contribution < -0.4 is 5.32 Å². The molecule has 2 aromatic heterocycles. The monoisotopic (exact) mass is 305 g/mol. The van der Waals surface area contributed by atoms with Crippen molar-refractivity contribution in [2.24, 2.45) is 0 Å². The van der Waals surface area contributed by atoms with Gasteiger partial charge < -0.3 is 5.32 Å². The molecule has 116 valence electrons. The molecular formula is C19H19N3O. The summed E-state index contributed by atoms with van der Waals surface area (Å²) in [5.74, 6) is -0.170. The lowest BCUT2D eigenvalue weighted by Crippen LogP contribution is -2.23. The van der Waals surface area contributed by atoms with Crippen molar-refractivity contribution in [1.82, 2.24) is 15.3 Å². The zero-order valence-electron chi connectivity index (χ0n) is 13.1. The van der Waals surface area contributed by atoms with Crippen LogP contribution in [0.3, 0.4) is 0 Å². The van der Waals surface area contributed by atoms with Crippen molar-refractivity contribution in [3.63, 3.8) is 0 Å². The van der Waals surface area contributed by atoms with Crippen LogP contribution >= 0.6 is 0 Å². The number of benzene rings is 1. The third-order valence-electron chi connectivity index (χ3n) is 3.67. The van der Waals surface area contributed by atoms with Gasteiger partial charge in [-0.15, -0.1) is 0 Å². The van der Waals surface area contributed by atoms with Gasteiger partial charge in [0.1, 0.15) is 5.69 Å². The minimum Gasteiger partial charge on any atom is -0.347 e. The Labute approximate surface area is 135 Å². The quantitative estimate of drug-likeness (QED) is 0.785. The molecule has 1 amide bonds.